The Morgan fingerprint density at radius 2 is 2.08 bits per heavy atom. The quantitative estimate of drug-likeness (QED) is 0.776. The van der Waals surface area contributed by atoms with Gasteiger partial charge in [0.05, 0.1) is 5.69 Å². The highest BCUT2D eigenvalue weighted by atomic mass is 16.5. The van der Waals surface area contributed by atoms with Crippen molar-refractivity contribution in [2.24, 2.45) is 5.92 Å². The number of pyridine rings is 1. The van der Waals surface area contributed by atoms with Crippen LogP contribution in [0.3, 0.4) is 0 Å². The van der Waals surface area contributed by atoms with E-state index in [9.17, 15) is 14.4 Å². The van der Waals surface area contributed by atoms with Gasteiger partial charge in [-0.05, 0) is 44.2 Å². The van der Waals surface area contributed by atoms with E-state index < -0.39 is 12.0 Å². The largest absolute Gasteiger partial charge is 0.458 e. The van der Waals surface area contributed by atoms with Gasteiger partial charge >= 0.3 is 5.97 Å². The van der Waals surface area contributed by atoms with E-state index in [-0.39, 0.29) is 24.0 Å². The van der Waals surface area contributed by atoms with Crippen LogP contribution in [-0.2, 0) is 20.9 Å². The fraction of sp³-hybridized carbons (Fsp3) is 0.474. The molecule has 1 amide bonds. The molecule has 1 atom stereocenters. The Hall–Kier alpha value is -2.70. The standard InChI is InChI=1S/C19H21N3O4/c1-12-4-7-16-20-14(9-17(23)22(16)10-12)11-26-19(25)15-3-2-8-21(15)18(24)13-5-6-13/h4,7,9-10,13,15H,2-3,5-6,8,11H2,1H3. The maximum atomic E-state index is 12.4. The van der Waals surface area contributed by atoms with Gasteiger partial charge in [0.15, 0.2) is 0 Å². The van der Waals surface area contributed by atoms with Crippen LogP contribution in [0, 0.1) is 12.8 Å². The minimum absolute atomic E-state index is 0.0690. The smallest absolute Gasteiger partial charge is 0.329 e. The fourth-order valence-electron chi connectivity index (χ4n) is 3.41. The summed E-state index contributed by atoms with van der Waals surface area (Å²) in [5.41, 5.74) is 1.67. The molecular weight excluding hydrogens is 334 g/mol. The number of fused-ring (bicyclic) bond motifs is 1. The van der Waals surface area contributed by atoms with E-state index in [0.29, 0.717) is 24.3 Å². The van der Waals surface area contributed by atoms with Gasteiger partial charge in [-0.1, -0.05) is 6.07 Å². The molecule has 0 aromatic carbocycles. The van der Waals surface area contributed by atoms with Crippen LogP contribution >= 0.6 is 0 Å². The van der Waals surface area contributed by atoms with E-state index in [1.54, 1.807) is 17.2 Å². The third-order valence-corrected chi connectivity index (χ3v) is 4.96. The topological polar surface area (TPSA) is 81.0 Å². The molecule has 2 aromatic heterocycles. The predicted molar refractivity (Wildman–Crippen MR) is 93.5 cm³/mol. The maximum Gasteiger partial charge on any atom is 0.329 e. The summed E-state index contributed by atoms with van der Waals surface area (Å²) in [6, 6.07) is 4.50. The molecule has 136 valence electrons. The molecule has 4 rings (SSSR count). The SMILES string of the molecule is Cc1ccc2nc(COC(=O)C3CCCN3C(=O)C3CC3)cc(=O)n2c1. The van der Waals surface area contributed by atoms with Crippen molar-refractivity contribution in [2.45, 2.75) is 45.3 Å². The van der Waals surface area contributed by atoms with Crippen molar-refractivity contribution >= 4 is 17.5 Å². The van der Waals surface area contributed by atoms with Gasteiger partial charge in [-0.2, -0.15) is 0 Å². The second-order valence-corrected chi connectivity index (χ2v) is 7.09. The first-order chi connectivity index (χ1) is 12.5. The summed E-state index contributed by atoms with van der Waals surface area (Å²) in [4.78, 5) is 43.0. The molecule has 2 fully saturated rings. The van der Waals surface area contributed by atoms with E-state index in [0.717, 1.165) is 24.8 Å². The molecule has 1 saturated carbocycles. The average Bonchev–Trinajstić information content (AvgIpc) is 3.36. The lowest BCUT2D eigenvalue weighted by atomic mass is 10.2. The lowest BCUT2D eigenvalue weighted by Gasteiger charge is -2.23. The summed E-state index contributed by atoms with van der Waals surface area (Å²) >= 11 is 0. The van der Waals surface area contributed by atoms with Crippen LogP contribution in [0.2, 0.25) is 0 Å². The molecule has 0 N–H and O–H groups in total. The first kappa shape index (κ1) is 16.8. The number of ether oxygens (including phenoxy) is 1. The van der Waals surface area contributed by atoms with Crippen LogP contribution in [0.4, 0.5) is 0 Å². The number of hydrogen-bond acceptors (Lipinski definition) is 5. The van der Waals surface area contributed by atoms with Crippen LogP contribution in [0.15, 0.2) is 29.2 Å². The van der Waals surface area contributed by atoms with Gasteiger partial charge in [-0.15, -0.1) is 0 Å². The van der Waals surface area contributed by atoms with Gasteiger partial charge in [0, 0.05) is 24.7 Å². The van der Waals surface area contributed by atoms with Gasteiger partial charge in [0.1, 0.15) is 18.3 Å². The van der Waals surface area contributed by atoms with Crippen LogP contribution in [-0.4, -0.2) is 38.7 Å². The molecule has 3 heterocycles. The molecule has 0 bridgehead atoms. The Bertz CT molecular complexity index is 932. The highest BCUT2D eigenvalue weighted by molar-refractivity contribution is 5.87. The highest BCUT2D eigenvalue weighted by Gasteiger charge is 2.41. The van der Waals surface area contributed by atoms with Gasteiger partial charge < -0.3 is 9.64 Å². The molecule has 1 unspecified atom stereocenters. The van der Waals surface area contributed by atoms with Crippen molar-refractivity contribution in [3.8, 4) is 0 Å². The summed E-state index contributed by atoms with van der Waals surface area (Å²) < 4.78 is 6.84. The van der Waals surface area contributed by atoms with Crippen LogP contribution in [0.5, 0.6) is 0 Å². The zero-order valence-electron chi connectivity index (χ0n) is 14.7. The van der Waals surface area contributed by atoms with E-state index in [2.05, 4.69) is 4.98 Å². The second kappa shape index (κ2) is 6.55. The van der Waals surface area contributed by atoms with Gasteiger partial charge in [-0.25, -0.2) is 9.78 Å². The fourth-order valence-corrected chi connectivity index (χ4v) is 3.41. The number of esters is 1. The first-order valence-electron chi connectivity index (χ1n) is 8.99. The molecule has 2 aromatic rings. The number of carbonyl (C=O) groups is 2. The Labute approximate surface area is 150 Å². The lowest BCUT2D eigenvalue weighted by Crippen LogP contribution is -2.42. The summed E-state index contributed by atoms with van der Waals surface area (Å²) in [7, 11) is 0. The van der Waals surface area contributed by atoms with Crippen molar-refractivity contribution in [2.75, 3.05) is 6.54 Å². The Balaban J connectivity index is 1.45. The van der Waals surface area contributed by atoms with E-state index in [1.807, 2.05) is 13.0 Å². The number of likely N-dealkylation sites (tertiary alicyclic amines) is 1. The van der Waals surface area contributed by atoms with Crippen molar-refractivity contribution in [1.82, 2.24) is 14.3 Å². The van der Waals surface area contributed by atoms with Crippen LogP contribution in [0.25, 0.3) is 5.65 Å². The molecule has 0 spiro atoms. The lowest BCUT2D eigenvalue weighted by molar-refractivity contribution is -0.155. The molecule has 7 heteroatoms. The number of amides is 1. The summed E-state index contributed by atoms with van der Waals surface area (Å²) in [6.45, 7) is 2.45. The number of carbonyl (C=O) groups excluding carboxylic acids is 2. The Morgan fingerprint density at radius 1 is 1.27 bits per heavy atom. The number of aryl methyl sites for hydroxylation is 1. The number of rotatable bonds is 4. The zero-order valence-corrected chi connectivity index (χ0v) is 14.7. The van der Waals surface area contributed by atoms with Gasteiger partial charge in [0.2, 0.25) is 5.91 Å². The Morgan fingerprint density at radius 3 is 2.85 bits per heavy atom. The second-order valence-electron chi connectivity index (χ2n) is 7.09. The zero-order chi connectivity index (χ0) is 18.3. The third-order valence-electron chi connectivity index (χ3n) is 4.96. The molecule has 1 aliphatic heterocycles. The van der Waals surface area contributed by atoms with Gasteiger partial charge in [-0.3, -0.25) is 14.0 Å². The maximum absolute atomic E-state index is 12.4. The van der Waals surface area contributed by atoms with Gasteiger partial charge in [0.25, 0.3) is 5.56 Å². The average molecular weight is 355 g/mol. The van der Waals surface area contributed by atoms with Crippen molar-refractivity contribution in [3.63, 3.8) is 0 Å². The molecule has 2 aliphatic rings. The normalized spacial score (nSPS) is 19.7. The van der Waals surface area contributed by atoms with E-state index in [1.165, 1.54) is 10.5 Å². The highest BCUT2D eigenvalue weighted by Crippen LogP contribution is 2.33. The minimum Gasteiger partial charge on any atom is -0.458 e. The molecule has 1 saturated heterocycles. The van der Waals surface area contributed by atoms with Crippen LogP contribution in [0.1, 0.15) is 36.9 Å². The molecule has 7 nitrogen and oxygen atoms in total. The minimum atomic E-state index is -0.507. The third kappa shape index (κ3) is 3.21. The summed E-state index contributed by atoms with van der Waals surface area (Å²) in [6.07, 6.45) is 5.00. The van der Waals surface area contributed by atoms with Crippen molar-refractivity contribution < 1.29 is 14.3 Å². The van der Waals surface area contributed by atoms with Crippen molar-refractivity contribution in [1.29, 1.82) is 0 Å². The Kier molecular flexibility index (Phi) is 4.22. The number of nitrogens with zero attached hydrogens (tertiary/aromatic N) is 3. The first-order valence-corrected chi connectivity index (χ1v) is 8.99. The molecule has 26 heavy (non-hydrogen) atoms. The number of hydrogen-bond donors (Lipinski definition) is 0. The molecule has 1 aliphatic carbocycles. The predicted octanol–water partition coefficient (Wildman–Crippen LogP) is 1.45. The van der Waals surface area contributed by atoms with Crippen molar-refractivity contribution in [3.05, 3.63) is 46.0 Å². The summed E-state index contributed by atoms with van der Waals surface area (Å²) in [5, 5.41) is 0. The number of aromatic nitrogens is 2. The van der Waals surface area contributed by atoms with E-state index in [4.69, 9.17) is 4.74 Å². The monoisotopic (exact) mass is 355 g/mol. The summed E-state index contributed by atoms with van der Waals surface area (Å²) in [5.74, 6) is -0.252. The molecular formula is C19H21N3O4. The molecule has 0 radical (unpaired) electrons. The van der Waals surface area contributed by atoms with E-state index >= 15 is 0 Å². The van der Waals surface area contributed by atoms with Crippen LogP contribution < -0.4 is 5.56 Å².